The summed E-state index contributed by atoms with van der Waals surface area (Å²) in [7, 11) is 1.41. The Bertz CT molecular complexity index is 539. The molecule has 0 fully saturated rings. The molecule has 0 unspecified atom stereocenters. The van der Waals surface area contributed by atoms with Gasteiger partial charge < -0.3 is 20.5 Å². The second kappa shape index (κ2) is 10.6. The molecule has 0 heterocycles. The Labute approximate surface area is 140 Å². The number of benzene rings is 1. The highest BCUT2D eigenvalue weighted by Crippen LogP contribution is 2.34. The molecule has 9 heteroatoms. The highest BCUT2D eigenvalue weighted by atomic mass is 35.5. The molecule has 1 aromatic carbocycles. The van der Waals surface area contributed by atoms with Crippen molar-refractivity contribution in [2.45, 2.75) is 19.8 Å². The highest BCUT2D eigenvalue weighted by Gasteiger charge is 2.24. The largest absolute Gasteiger partial charge is 0.493 e. The molecule has 1 amide bonds. The average Bonchev–Trinajstić information content (AvgIpc) is 2.51. The zero-order valence-corrected chi connectivity index (χ0v) is 14.0. The van der Waals surface area contributed by atoms with Crippen LogP contribution in [0.2, 0.25) is 0 Å². The third-order valence-electron chi connectivity index (χ3n) is 2.94. The molecule has 23 heavy (non-hydrogen) atoms. The summed E-state index contributed by atoms with van der Waals surface area (Å²) >= 11 is 0. The maximum atomic E-state index is 12.1. The maximum absolute atomic E-state index is 12.1. The summed E-state index contributed by atoms with van der Waals surface area (Å²) in [6.45, 7) is 3.02. The van der Waals surface area contributed by atoms with Crippen LogP contribution in [0.3, 0.4) is 0 Å². The third-order valence-corrected chi connectivity index (χ3v) is 2.94. The topological polar surface area (TPSA) is 117 Å². The third kappa shape index (κ3) is 5.91. The fraction of sp³-hybridized carbons (Fsp3) is 0.500. The van der Waals surface area contributed by atoms with E-state index in [1.54, 1.807) is 6.92 Å². The van der Waals surface area contributed by atoms with Crippen molar-refractivity contribution < 1.29 is 19.2 Å². The molecule has 130 valence electrons. The molecule has 1 aromatic rings. The average molecular weight is 348 g/mol. The molecule has 3 N–H and O–H groups in total. The number of carbonyl (C=O) groups is 1. The number of nitrogens with zero attached hydrogens (tertiary/aromatic N) is 1. The first-order valence-electron chi connectivity index (χ1n) is 7.02. The Hall–Kier alpha value is -2.06. The molecule has 1 rings (SSSR count). The molecule has 0 radical (unpaired) electrons. The SMILES string of the molecule is CCOc1cc([N+](=O)[O-])c(C(=O)NCCCCN)cc1OC.Cl. The van der Waals surface area contributed by atoms with Crippen LogP contribution in [-0.4, -0.2) is 37.6 Å². The predicted molar refractivity (Wildman–Crippen MR) is 88.7 cm³/mol. The van der Waals surface area contributed by atoms with Gasteiger partial charge in [0.2, 0.25) is 0 Å². The van der Waals surface area contributed by atoms with E-state index in [1.165, 1.54) is 19.2 Å². The van der Waals surface area contributed by atoms with Crippen LogP contribution >= 0.6 is 12.4 Å². The zero-order chi connectivity index (χ0) is 16.5. The second-order valence-electron chi connectivity index (χ2n) is 4.46. The number of unbranched alkanes of at least 4 members (excludes halogenated alkanes) is 1. The molecule has 0 saturated carbocycles. The number of hydrogen-bond donors (Lipinski definition) is 2. The summed E-state index contributed by atoms with van der Waals surface area (Å²) in [4.78, 5) is 22.7. The molecule has 0 aliphatic rings. The van der Waals surface area contributed by atoms with Crippen LogP contribution < -0.4 is 20.5 Å². The smallest absolute Gasteiger partial charge is 0.286 e. The summed E-state index contributed by atoms with van der Waals surface area (Å²) < 4.78 is 10.4. The van der Waals surface area contributed by atoms with Crippen LogP contribution in [0.1, 0.15) is 30.1 Å². The van der Waals surface area contributed by atoms with Gasteiger partial charge in [0.1, 0.15) is 5.56 Å². The number of halogens is 1. The molecule has 0 saturated heterocycles. The Kier molecular flexibility index (Phi) is 9.68. The van der Waals surface area contributed by atoms with Gasteiger partial charge in [-0.1, -0.05) is 0 Å². The summed E-state index contributed by atoms with van der Waals surface area (Å²) in [6, 6.07) is 2.53. The minimum atomic E-state index is -0.614. The fourth-order valence-electron chi connectivity index (χ4n) is 1.88. The van der Waals surface area contributed by atoms with E-state index in [-0.39, 0.29) is 35.2 Å². The Morgan fingerprint density at radius 3 is 2.57 bits per heavy atom. The Morgan fingerprint density at radius 2 is 2.04 bits per heavy atom. The van der Waals surface area contributed by atoms with Gasteiger partial charge in [-0.05, 0) is 26.3 Å². The Morgan fingerprint density at radius 1 is 1.35 bits per heavy atom. The molecular formula is C14H22ClN3O5. The molecular weight excluding hydrogens is 326 g/mol. The van der Waals surface area contributed by atoms with Crippen molar-refractivity contribution in [3.05, 3.63) is 27.8 Å². The van der Waals surface area contributed by atoms with Gasteiger partial charge >= 0.3 is 0 Å². The first-order chi connectivity index (χ1) is 10.5. The van der Waals surface area contributed by atoms with Crippen molar-refractivity contribution in [2.24, 2.45) is 5.73 Å². The molecule has 0 aliphatic heterocycles. The molecule has 0 spiro atoms. The molecule has 0 aliphatic carbocycles. The first kappa shape index (κ1) is 20.9. The monoisotopic (exact) mass is 347 g/mol. The van der Waals surface area contributed by atoms with E-state index >= 15 is 0 Å². The van der Waals surface area contributed by atoms with Crippen LogP contribution in [0.5, 0.6) is 11.5 Å². The van der Waals surface area contributed by atoms with Gasteiger partial charge in [0.15, 0.2) is 11.5 Å². The van der Waals surface area contributed by atoms with Crippen LogP contribution in [0.4, 0.5) is 5.69 Å². The number of nitro groups is 1. The van der Waals surface area contributed by atoms with Crippen molar-refractivity contribution in [1.82, 2.24) is 5.32 Å². The van der Waals surface area contributed by atoms with Crippen LogP contribution in [0, 0.1) is 10.1 Å². The van der Waals surface area contributed by atoms with Crippen LogP contribution in [0.25, 0.3) is 0 Å². The van der Waals surface area contributed by atoms with Crippen LogP contribution in [0.15, 0.2) is 12.1 Å². The van der Waals surface area contributed by atoms with Gasteiger partial charge in [0, 0.05) is 12.6 Å². The van der Waals surface area contributed by atoms with Crippen molar-refractivity contribution in [2.75, 3.05) is 26.8 Å². The number of methoxy groups -OCH3 is 1. The fourth-order valence-corrected chi connectivity index (χ4v) is 1.88. The van der Waals surface area contributed by atoms with E-state index < -0.39 is 10.8 Å². The normalized spacial score (nSPS) is 9.70. The van der Waals surface area contributed by atoms with E-state index in [0.717, 1.165) is 6.42 Å². The lowest BCUT2D eigenvalue weighted by atomic mass is 10.1. The number of nitrogens with two attached hydrogens (primary N) is 1. The summed E-state index contributed by atoms with van der Waals surface area (Å²) in [5.74, 6) is -0.0130. The van der Waals surface area contributed by atoms with E-state index in [0.29, 0.717) is 26.1 Å². The van der Waals surface area contributed by atoms with Crippen molar-refractivity contribution in [3.8, 4) is 11.5 Å². The lowest BCUT2D eigenvalue weighted by Gasteiger charge is -2.12. The zero-order valence-electron chi connectivity index (χ0n) is 13.2. The number of nitrogens with one attached hydrogen (secondary N) is 1. The number of ether oxygens (including phenoxy) is 2. The van der Waals surface area contributed by atoms with E-state index in [1.807, 2.05) is 0 Å². The summed E-state index contributed by atoms with van der Waals surface area (Å²) in [5.41, 5.74) is 4.99. The lowest BCUT2D eigenvalue weighted by Crippen LogP contribution is -2.25. The van der Waals surface area contributed by atoms with E-state index in [2.05, 4.69) is 5.32 Å². The standard InChI is InChI=1S/C14H21N3O5.ClH/c1-3-22-13-9-11(17(19)20)10(8-12(13)21-2)14(18)16-7-5-4-6-15;/h8-9H,3-7,15H2,1-2H3,(H,16,18);1H. The minimum Gasteiger partial charge on any atom is -0.493 e. The van der Waals surface area contributed by atoms with Crippen molar-refractivity contribution >= 4 is 24.0 Å². The number of hydrogen-bond acceptors (Lipinski definition) is 6. The van der Waals surface area contributed by atoms with E-state index in [4.69, 9.17) is 15.2 Å². The first-order valence-corrected chi connectivity index (χ1v) is 7.02. The van der Waals surface area contributed by atoms with Gasteiger partial charge in [0.05, 0.1) is 24.7 Å². The molecule has 0 aromatic heterocycles. The summed E-state index contributed by atoms with van der Waals surface area (Å²) in [5, 5.41) is 13.8. The van der Waals surface area contributed by atoms with Crippen molar-refractivity contribution in [3.63, 3.8) is 0 Å². The lowest BCUT2D eigenvalue weighted by molar-refractivity contribution is -0.385. The molecule has 0 atom stereocenters. The molecule has 8 nitrogen and oxygen atoms in total. The number of rotatable bonds is 9. The van der Waals surface area contributed by atoms with Crippen LogP contribution in [-0.2, 0) is 0 Å². The van der Waals surface area contributed by atoms with Gasteiger partial charge in [0.25, 0.3) is 11.6 Å². The van der Waals surface area contributed by atoms with Gasteiger partial charge in [-0.2, -0.15) is 0 Å². The van der Waals surface area contributed by atoms with Gasteiger partial charge in [-0.3, -0.25) is 14.9 Å². The Balaban J connectivity index is 0.00000484. The van der Waals surface area contributed by atoms with Gasteiger partial charge in [-0.25, -0.2) is 0 Å². The number of nitro benzene ring substituents is 1. The highest BCUT2D eigenvalue weighted by molar-refractivity contribution is 5.99. The molecule has 0 bridgehead atoms. The van der Waals surface area contributed by atoms with E-state index in [9.17, 15) is 14.9 Å². The number of carbonyl (C=O) groups excluding carboxylic acids is 1. The van der Waals surface area contributed by atoms with Crippen molar-refractivity contribution in [1.29, 1.82) is 0 Å². The second-order valence-corrected chi connectivity index (χ2v) is 4.46. The predicted octanol–water partition coefficient (Wildman–Crippen LogP) is 1.89. The minimum absolute atomic E-state index is 0. The summed E-state index contributed by atoms with van der Waals surface area (Å²) in [6.07, 6.45) is 1.49. The quantitative estimate of drug-likeness (QED) is 0.400. The van der Waals surface area contributed by atoms with Gasteiger partial charge in [-0.15, -0.1) is 12.4 Å². The number of amides is 1. The maximum Gasteiger partial charge on any atom is 0.286 e.